The first-order valence-electron chi connectivity index (χ1n) is 9.23. The number of hydrogen-bond acceptors (Lipinski definition) is 2. The predicted octanol–water partition coefficient (Wildman–Crippen LogP) is 3.81. The Bertz CT molecular complexity index is 673. The van der Waals surface area contributed by atoms with Crippen molar-refractivity contribution in [2.45, 2.75) is 46.0 Å². The zero-order valence-corrected chi connectivity index (χ0v) is 15.1. The molecule has 2 fully saturated rings. The molecule has 1 amide bonds. The van der Waals surface area contributed by atoms with E-state index in [4.69, 9.17) is 0 Å². The molecular formula is C21H27NO3. The Morgan fingerprint density at radius 2 is 1.68 bits per heavy atom. The summed E-state index contributed by atoms with van der Waals surface area (Å²) in [5.74, 6) is 0.184. The predicted molar refractivity (Wildman–Crippen MR) is 98.2 cm³/mol. The Morgan fingerprint density at radius 1 is 1.12 bits per heavy atom. The highest BCUT2D eigenvalue weighted by molar-refractivity contribution is 5.98. The second-order valence-corrected chi connectivity index (χ2v) is 7.56. The van der Waals surface area contributed by atoms with E-state index in [1.807, 2.05) is 36.9 Å². The summed E-state index contributed by atoms with van der Waals surface area (Å²) in [6.07, 6.45) is 6.58. The zero-order chi connectivity index (χ0) is 18.0. The van der Waals surface area contributed by atoms with Crippen LogP contribution in [0.15, 0.2) is 23.8 Å². The summed E-state index contributed by atoms with van der Waals surface area (Å²) in [6, 6.07) is 5.89. The lowest BCUT2D eigenvalue weighted by atomic mass is 9.82. The van der Waals surface area contributed by atoms with Gasteiger partial charge in [0, 0.05) is 18.7 Å². The largest absolute Gasteiger partial charge is 0.478 e. The Labute approximate surface area is 149 Å². The quantitative estimate of drug-likeness (QED) is 0.847. The van der Waals surface area contributed by atoms with Crippen molar-refractivity contribution in [1.29, 1.82) is 0 Å². The number of carbonyl (C=O) groups is 2. The molecule has 4 heteroatoms. The Balaban J connectivity index is 1.75. The van der Waals surface area contributed by atoms with E-state index in [0.717, 1.165) is 29.8 Å². The summed E-state index contributed by atoms with van der Waals surface area (Å²) in [5, 5.41) is 9.58. The molecule has 1 aromatic rings. The molecule has 0 radical (unpaired) electrons. The Kier molecular flexibility index (Phi) is 5.26. The minimum Gasteiger partial charge on any atom is -0.478 e. The fourth-order valence-corrected chi connectivity index (χ4v) is 4.30. The van der Waals surface area contributed by atoms with Gasteiger partial charge in [0.25, 0.3) is 0 Å². The lowest BCUT2D eigenvalue weighted by Gasteiger charge is -2.22. The molecule has 0 spiro atoms. The van der Waals surface area contributed by atoms with Gasteiger partial charge in [-0.25, -0.2) is 4.79 Å². The van der Waals surface area contributed by atoms with E-state index in [1.54, 1.807) is 6.08 Å². The second-order valence-electron chi connectivity index (χ2n) is 7.56. The fraction of sp³-hybridized carbons (Fsp3) is 0.524. The monoisotopic (exact) mass is 341 g/mol. The van der Waals surface area contributed by atoms with Crippen molar-refractivity contribution in [3.8, 4) is 0 Å². The minimum absolute atomic E-state index is 0.0253. The highest BCUT2D eigenvalue weighted by Crippen LogP contribution is 2.36. The highest BCUT2D eigenvalue weighted by atomic mass is 16.4. The first-order chi connectivity index (χ1) is 12.0. The molecule has 2 unspecified atom stereocenters. The van der Waals surface area contributed by atoms with Gasteiger partial charge in [-0.3, -0.25) is 4.79 Å². The number of fused-ring (bicyclic) bond motifs is 1. The normalized spacial score (nSPS) is 23.4. The summed E-state index contributed by atoms with van der Waals surface area (Å²) in [5.41, 5.74) is 3.14. The van der Waals surface area contributed by atoms with Crippen molar-refractivity contribution in [3.63, 3.8) is 0 Å². The molecule has 0 aromatic heterocycles. The molecule has 1 heterocycles. The SMILES string of the molecule is Cc1cccc(C)c1/C=C(/CC(=O)N1CC2CCCCC2C1)C(=O)O. The van der Waals surface area contributed by atoms with Gasteiger partial charge in [0.05, 0.1) is 6.42 Å². The molecule has 1 saturated carbocycles. The van der Waals surface area contributed by atoms with Gasteiger partial charge in [-0.2, -0.15) is 0 Å². The number of nitrogens with zero attached hydrogens (tertiary/aromatic N) is 1. The number of carbonyl (C=O) groups excluding carboxylic acids is 1. The van der Waals surface area contributed by atoms with Crippen LogP contribution in [0.5, 0.6) is 0 Å². The third-order valence-corrected chi connectivity index (χ3v) is 5.81. The third-order valence-electron chi connectivity index (χ3n) is 5.81. The van der Waals surface area contributed by atoms with Crippen molar-refractivity contribution in [2.75, 3.05) is 13.1 Å². The molecular weight excluding hydrogens is 314 g/mol. The second kappa shape index (κ2) is 7.42. The van der Waals surface area contributed by atoms with Crippen molar-refractivity contribution < 1.29 is 14.7 Å². The van der Waals surface area contributed by atoms with E-state index >= 15 is 0 Å². The first-order valence-corrected chi connectivity index (χ1v) is 9.23. The van der Waals surface area contributed by atoms with Gasteiger partial charge in [-0.1, -0.05) is 31.0 Å². The van der Waals surface area contributed by atoms with Crippen molar-refractivity contribution >= 4 is 18.0 Å². The molecule has 0 bridgehead atoms. The van der Waals surface area contributed by atoms with Crippen LogP contribution in [-0.4, -0.2) is 35.0 Å². The lowest BCUT2D eigenvalue weighted by Crippen LogP contribution is -2.30. The zero-order valence-electron chi connectivity index (χ0n) is 15.1. The summed E-state index contributed by atoms with van der Waals surface area (Å²) < 4.78 is 0. The van der Waals surface area contributed by atoms with Crippen LogP contribution in [0.25, 0.3) is 6.08 Å². The third kappa shape index (κ3) is 3.94. The summed E-state index contributed by atoms with van der Waals surface area (Å²) in [6.45, 7) is 5.54. The van der Waals surface area contributed by atoms with Gasteiger partial charge in [-0.15, -0.1) is 0 Å². The van der Waals surface area contributed by atoms with Gasteiger partial charge in [0.1, 0.15) is 0 Å². The smallest absolute Gasteiger partial charge is 0.332 e. The van der Waals surface area contributed by atoms with Crippen molar-refractivity contribution in [2.24, 2.45) is 11.8 Å². The average molecular weight is 341 g/mol. The molecule has 1 aliphatic carbocycles. The van der Waals surface area contributed by atoms with Crippen molar-refractivity contribution in [1.82, 2.24) is 4.90 Å². The molecule has 2 atom stereocenters. The summed E-state index contributed by atoms with van der Waals surface area (Å²) in [4.78, 5) is 26.3. The maximum absolute atomic E-state index is 12.7. The van der Waals surface area contributed by atoms with E-state index < -0.39 is 5.97 Å². The van der Waals surface area contributed by atoms with Gasteiger partial charge in [0.2, 0.25) is 5.91 Å². The van der Waals surface area contributed by atoms with Crippen LogP contribution in [0.4, 0.5) is 0 Å². The maximum atomic E-state index is 12.7. The van der Waals surface area contributed by atoms with Gasteiger partial charge < -0.3 is 10.0 Å². The molecule has 25 heavy (non-hydrogen) atoms. The minimum atomic E-state index is -1.01. The molecule has 3 rings (SSSR count). The fourth-order valence-electron chi connectivity index (χ4n) is 4.30. The van der Waals surface area contributed by atoms with E-state index in [1.165, 1.54) is 25.7 Å². The highest BCUT2D eigenvalue weighted by Gasteiger charge is 2.36. The van der Waals surface area contributed by atoms with Gasteiger partial charge in [0.15, 0.2) is 0 Å². The standard InChI is InChI=1S/C21H27NO3/c1-14-6-5-7-15(2)19(14)10-18(21(24)25)11-20(23)22-12-16-8-3-4-9-17(16)13-22/h5-7,10,16-17H,3-4,8-9,11-13H2,1-2H3,(H,24,25)/b18-10-. The summed E-state index contributed by atoms with van der Waals surface area (Å²) >= 11 is 0. The number of carboxylic acids is 1. The van der Waals surface area contributed by atoms with Crippen LogP contribution in [0.3, 0.4) is 0 Å². The van der Waals surface area contributed by atoms with Crippen LogP contribution in [-0.2, 0) is 9.59 Å². The molecule has 1 aliphatic heterocycles. The molecule has 134 valence electrons. The van der Waals surface area contributed by atoms with E-state index in [-0.39, 0.29) is 17.9 Å². The number of amides is 1. The average Bonchev–Trinajstić information content (AvgIpc) is 3.01. The first kappa shape index (κ1) is 17.7. The van der Waals surface area contributed by atoms with Crippen LogP contribution >= 0.6 is 0 Å². The molecule has 1 saturated heterocycles. The number of carboxylic acid groups (broad SMARTS) is 1. The van der Waals surface area contributed by atoms with Crippen LogP contribution in [0.2, 0.25) is 0 Å². The molecule has 4 nitrogen and oxygen atoms in total. The van der Waals surface area contributed by atoms with E-state index in [2.05, 4.69) is 0 Å². The lowest BCUT2D eigenvalue weighted by molar-refractivity contribution is -0.136. The number of hydrogen-bond donors (Lipinski definition) is 1. The topological polar surface area (TPSA) is 57.6 Å². The van der Waals surface area contributed by atoms with Crippen LogP contribution in [0.1, 0.15) is 48.8 Å². The van der Waals surface area contributed by atoms with Crippen LogP contribution in [0, 0.1) is 25.7 Å². The number of rotatable bonds is 4. The van der Waals surface area contributed by atoms with E-state index in [0.29, 0.717) is 11.8 Å². The Hall–Kier alpha value is -2.10. The van der Waals surface area contributed by atoms with Gasteiger partial charge in [-0.05, 0) is 61.3 Å². The van der Waals surface area contributed by atoms with Crippen molar-refractivity contribution in [3.05, 3.63) is 40.5 Å². The number of aryl methyl sites for hydroxylation is 2. The number of benzene rings is 1. The Morgan fingerprint density at radius 3 is 2.20 bits per heavy atom. The number of aliphatic carboxylic acids is 1. The van der Waals surface area contributed by atoms with Gasteiger partial charge >= 0.3 is 5.97 Å². The maximum Gasteiger partial charge on any atom is 0.332 e. The number of likely N-dealkylation sites (tertiary alicyclic amines) is 1. The molecule has 1 N–H and O–H groups in total. The molecule has 2 aliphatic rings. The van der Waals surface area contributed by atoms with Crippen LogP contribution < -0.4 is 0 Å². The molecule has 1 aromatic carbocycles. The van der Waals surface area contributed by atoms with E-state index in [9.17, 15) is 14.7 Å². The summed E-state index contributed by atoms with van der Waals surface area (Å²) in [7, 11) is 0.